The third kappa shape index (κ3) is 3.52. The molecule has 1 aromatic rings. The molecule has 0 radical (unpaired) electrons. The summed E-state index contributed by atoms with van der Waals surface area (Å²) in [5.41, 5.74) is 3.82. The number of aliphatic hydroxyl groups is 1. The van der Waals surface area contributed by atoms with Gasteiger partial charge in [-0.2, -0.15) is 0 Å². The highest BCUT2D eigenvalue weighted by Gasteiger charge is 2.62. The fourth-order valence-corrected chi connectivity index (χ4v) is 7.68. The molecule has 0 amide bonds. The van der Waals surface area contributed by atoms with Gasteiger partial charge in [-0.1, -0.05) is 18.4 Å². The van der Waals surface area contributed by atoms with Gasteiger partial charge in [0.05, 0.1) is 21.3 Å². The van der Waals surface area contributed by atoms with Crippen molar-refractivity contribution in [2.24, 2.45) is 17.3 Å². The van der Waals surface area contributed by atoms with Crippen molar-refractivity contribution in [1.82, 2.24) is 0 Å². The first kappa shape index (κ1) is 24.0. The Morgan fingerprint density at radius 2 is 1.74 bits per heavy atom. The van der Waals surface area contributed by atoms with E-state index in [9.17, 15) is 9.90 Å². The predicted molar refractivity (Wildman–Crippen MR) is 135 cm³/mol. The van der Waals surface area contributed by atoms with Gasteiger partial charge in [0.2, 0.25) is 5.75 Å². The number of hydrogen-bond acceptors (Lipinski definition) is 5. The molecule has 5 atom stereocenters. The normalized spacial score (nSPS) is 33.6. The van der Waals surface area contributed by atoms with Crippen molar-refractivity contribution in [3.8, 4) is 29.1 Å². The molecule has 1 aromatic carbocycles. The number of hydrogen-bond donors (Lipinski definition) is 1. The molecule has 4 aliphatic carbocycles. The van der Waals surface area contributed by atoms with Crippen LogP contribution in [0.4, 0.5) is 0 Å². The lowest BCUT2D eigenvalue weighted by atomic mass is 9.51. The van der Waals surface area contributed by atoms with Crippen molar-refractivity contribution < 1.29 is 24.1 Å². The maximum atomic E-state index is 12.3. The van der Waals surface area contributed by atoms with E-state index in [2.05, 4.69) is 30.9 Å². The SMILES string of the molecule is CC#C[C@]1(O)CC[C@H]2[C@@H]3CCC4=CC(=O)CCC4=C3[C@@H](c3cc(OC)c(OC)c(OC)c3)C[C@@]21C. The molecule has 0 heterocycles. The van der Waals surface area contributed by atoms with E-state index in [-0.39, 0.29) is 17.1 Å². The van der Waals surface area contributed by atoms with Crippen molar-refractivity contribution in [3.05, 3.63) is 40.5 Å². The van der Waals surface area contributed by atoms with Crippen LogP contribution in [0.15, 0.2) is 34.9 Å². The summed E-state index contributed by atoms with van der Waals surface area (Å²) >= 11 is 0. The van der Waals surface area contributed by atoms with E-state index in [1.165, 1.54) is 16.7 Å². The lowest BCUT2D eigenvalue weighted by molar-refractivity contribution is -0.114. The Morgan fingerprint density at radius 1 is 1.03 bits per heavy atom. The van der Waals surface area contributed by atoms with Gasteiger partial charge in [-0.25, -0.2) is 0 Å². The monoisotopic (exact) mass is 476 g/mol. The second-order valence-electron chi connectivity index (χ2n) is 10.7. The zero-order valence-electron chi connectivity index (χ0n) is 21.5. The van der Waals surface area contributed by atoms with E-state index in [1.54, 1.807) is 21.3 Å². The van der Waals surface area contributed by atoms with E-state index < -0.39 is 5.60 Å². The van der Waals surface area contributed by atoms with Gasteiger partial charge in [0, 0.05) is 17.8 Å². The molecule has 5 rings (SSSR count). The summed E-state index contributed by atoms with van der Waals surface area (Å²) in [6.45, 7) is 4.06. The fraction of sp³-hybridized carbons (Fsp3) is 0.567. The largest absolute Gasteiger partial charge is 0.493 e. The average molecular weight is 477 g/mol. The highest BCUT2D eigenvalue weighted by atomic mass is 16.5. The number of allylic oxidation sites excluding steroid dienone is 4. The van der Waals surface area contributed by atoms with Gasteiger partial charge in [0.15, 0.2) is 17.3 Å². The number of carbonyl (C=O) groups excluding carboxylic acids is 1. The van der Waals surface area contributed by atoms with Crippen LogP contribution in [0.1, 0.15) is 70.3 Å². The number of benzene rings is 1. The number of ketones is 1. The summed E-state index contributed by atoms with van der Waals surface area (Å²) in [5.74, 6) is 9.14. The average Bonchev–Trinajstić information content (AvgIpc) is 3.12. The Balaban J connectivity index is 1.74. The summed E-state index contributed by atoms with van der Waals surface area (Å²) in [5, 5.41) is 11.8. The molecule has 186 valence electrons. The van der Waals surface area contributed by atoms with Crippen LogP contribution in [-0.2, 0) is 4.79 Å². The molecule has 5 heteroatoms. The molecule has 35 heavy (non-hydrogen) atoms. The minimum Gasteiger partial charge on any atom is -0.493 e. The topological polar surface area (TPSA) is 65.0 Å². The maximum Gasteiger partial charge on any atom is 0.203 e. The van der Waals surface area contributed by atoms with Gasteiger partial charge in [-0.05, 0) is 92.2 Å². The number of carbonyl (C=O) groups is 1. The van der Waals surface area contributed by atoms with Crippen molar-refractivity contribution in [1.29, 1.82) is 0 Å². The zero-order valence-corrected chi connectivity index (χ0v) is 21.5. The molecule has 5 nitrogen and oxygen atoms in total. The van der Waals surface area contributed by atoms with Crippen LogP contribution in [0.25, 0.3) is 0 Å². The number of methoxy groups -OCH3 is 3. The van der Waals surface area contributed by atoms with Crippen molar-refractivity contribution in [3.63, 3.8) is 0 Å². The Morgan fingerprint density at radius 3 is 2.37 bits per heavy atom. The fourth-order valence-electron chi connectivity index (χ4n) is 7.68. The van der Waals surface area contributed by atoms with E-state index in [0.717, 1.165) is 37.7 Å². The Bertz CT molecular complexity index is 1160. The minimum absolute atomic E-state index is 0.0742. The third-order valence-electron chi connectivity index (χ3n) is 9.31. The van der Waals surface area contributed by atoms with Crippen LogP contribution in [-0.4, -0.2) is 37.8 Å². The molecule has 1 N–H and O–H groups in total. The molecule has 0 bridgehead atoms. The number of rotatable bonds is 4. The van der Waals surface area contributed by atoms with Crippen LogP contribution in [0, 0.1) is 29.1 Å². The van der Waals surface area contributed by atoms with Crippen LogP contribution in [0.5, 0.6) is 17.2 Å². The molecule has 4 aliphatic rings. The maximum absolute atomic E-state index is 12.3. The van der Waals surface area contributed by atoms with Crippen LogP contribution in [0.3, 0.4) is 0 Å². The quantitative estimate of drug-likeness (QED) is 0.592. The summed E-state index contributed by atoms with van der Waals surface area (Å²) < 4.78 is 17.0. The molecule has 2 saturated carbocycles. The Kier molecular flexibility index (Phi) is 6.00. The van der Waals surface area contributed by atoms with E-state index >= 15 is 0 Å². The Labute approximate surface area is 208 Å². The Hall–Kier alpha value is -2.71. The van der Waals surface area contributed by atoms with Gasteiger partial charge in [-0.3, -0.25) is 4.79 Å². The first-order valence-corrected chi connectivity index (χ1v) is 12.7. The van der Waals surface area contributed by atoms with Gasteiger partial charge < -0.3 is 19.3 Å². The van der Waals surface area contributed by atoms with E-state index in [4.69, 9.17) is 14.2 Å². The minimum atomic E-state index is -1.000. The summed E-state index contributed by atoms with van der Waals surface area (Å²) in [6.07, 6.45) is 7.68. The highest BCUT2D eigenvalue weighted by Crippen LogP contribution is 2.67. The van der Waals surface area contributed by atoms with Gasteiger partial charge in [-0.15, -0.1) is 5.92 Å². The number of fused-ring (bicyclic) bond motifs is 4. The first-order valence-electron chi connectivity index (χ1n) is 12.7. The molecule has 2 fully saturated rings. The van der Waals surface area contributed by atoms with Gasteiger partial charge in [0.1, 0.15) is 5.60 Å². The predicted octanol–water partition coefficient (Wildman–Crippen LogP) is 5.37. The lowest BCUT2D eigenvalue weighted by Crippen LogP contribution is -2.51. The summed E-state index contributed by atoms with van der Waals surface area (Å²) in [4.78, 5) is 12.3. The molecule has 0 saturated heterocycles. The molecule has 0 aromatic heterocycles. The first-order chi connectivity index (χ1) is 16.8. The van der Waals surface area contributed by atoms with Gasteiger partial charge >= 0.3 is 0 Å². The molecular formula is C30H36O5. The number of ether oxygens (including phenoxy) is 3. The van der Waals surface area contributed by atoms with Crippen molar-refractivity contribution in [2.45, 2.75) is 70.3 Å². The van der Waals surface area contributed by atoms with Crippen LogP contribution >= 0.6 is 0 Å². The second kappa shape index (κ2) is 8.75. The summed E-state index contributed by atoms with van der Waals surface area (Å²) in [6, 6.07) is 4.12. The smallest absolute Gasteiger partial charge is 0.203 e. The summed E-state index contributed by atoms with van der Waals surface area (Å²) in [7, 11) is 4.90. The second-order valence-corrected chi connectivity index (χ2v) is 10.7. The van der Waals surface area contributed by atoms with E-state index in [1.807, 2.05) is 13.0 Å². The molecule has 0 unspecified atom stereocenters. The van der Waals surface area contributed by atoms with Crippen LogP contribution in [0.2, 0.25) is 0 Å². The standard InChI is InChI=1S/C30H36O5/c1-6-12-30(32)13-11-24-22-9-7-18-14-20(31)8-10-21(18)27(22)23(17-29(24,30)2)19-15-25(33-3)28(35-5)26(16-19)34-4/h14-16,22-24,32H,7-11,13,17H2,1-5H3/t22-,23+,24-,29-,30-/m0/s1. The third-order valence-corrected chi connectivity index (χ3v) is 9.31. The van der Waals surface area contributed by atoms with Crippen molar-refractivity contribution in [2.75, 3.05) is 21.3 Å². The van der Waals surface area contributed by atoms with Crippen LogP contribution < -0.4 is 14.2 Å². The molecular weight excluding hydrogens is 440 g/mol. The van der Waals surface area contributed by atoms with Gasteiger partial charge in [0.25, 0.3) is 0 Å². The zero-order chi connectivity index (χ0) is 25.0. The van der Waals surface area contributed by atoms with E-state index in [0.29, 0.717) is 41.9 Å². The van der Waals surface area contributed by atoms with Crippen molar-refractivity contribution >= 4 is 5.78 Å². The lowest BCUT2D eigenvalue weighted by Gasteiger charge is -2.53. The highest BCUT2D eigenvalue weighted by molar-refractivity contribution is 5.93. The molecule has 0 spiro atoms. The molecule has 0 aliphatic heterocycles.